The van der Waals surface area contributed by atoms with E-state index in [2.05, 4.69) is 65.0 Å². The van der Waals surface area contributed by atoms with Crippen LogP contribution in [0.4, 0.5) is 0 Å². The van der Waals surface area contributed by atoms with Gasteiger partial charge in [-0.25, -0.2) is 0 Å². The van der Waals surface area contributed by atoms with Crippen LogP contribution in [0.5, 0.6) is 0 Å². The van der Waals surface area contributed by atoms with Gasteiger partial charge < -0.3 is 9.26 Å². The van der Waals surface area contributed by atoms with E-state index in [1.165, 1.54) is 0 Å². The highest BCUT2D eigenvalue weighted by atomic mass is 28.4. The fourth-order valence-corrected chi connectivity index (χ4v) is 3.82. The third kappa shape index (κ3) is 4.20. The van der Waals surface area contributed by atoms with E-state index in [0.717, 1.165) is 17.7 Å². The molecule has 0 aliphatic heterocycles. The molecule has 0 radical (unpaired) electrons. The summed E-state index contributed by atoms with van der Waals surface area (Å²) in [4.78, 5) is 5.13. The van der Waals surface area contributed by atoms with Gasteiger partial charge in [0.1, 0.15) is 12.8 Å². The summed E-state index contributed by atoms with van der Waals surface area (Å²) in [5.74, 6) is 0. The first-order valence-electron chi connectivity index (χ1n) is 7.94. The Labute approximate surface area is 136 Å². The van der Waals surface area contributed by atoms with Gasteiger partial charge in [0.2, 0.25) is 0 Å². The van der Waals surface area contributed by atoms with E-state index < -0.39 is 13.9 Å². The van der Waals surface area contributed by atoms with Crippen molar-refractivity contribution in [1.82, 2.24) is 0 Å². The Kier molecular flexibility index (Phi) is 5.99. The van der Waals surface area contributed by atoms with Gasteiger partial charge in [0.15, 0.2) is 8.32 Å². The number of nitrogens with zero attached hydrogens (tertiary/aromatic N) is 1. The van der Waals surface area contributed by atoms with E-state index in [-0.39, 0.29) is 5.04 Å². The summed E-state index contributed by atoms with van der Waals surface area (Å²) in [6.45, 7) is 15.6. The van der Waals surface area contributed by atoms with Crippen LogP contribution in [-0.4, -0.2) is 26.7 Å². The van der Waals surface area contributed by atoms with Crippen LogP contribution in [0.25, 0.3) is 0 Å². The SMILES string of the molecule is CCC(C)(O[Si](C)(C)C(C)(C)C)/C(=N/OC)c1ccccc1. The molecule has 3 nitrogen and oxygen atoms in total. The Bertz CT molecular complexity index is 506. The van der Waals surface area contributed by atoms with Crippen molar-refractivity contribution >= 4 is 14.0 Å². The van der Waals surface area contributed by atoms with Crippen LogP contribution in [0.3, 0.4) is 0 Å². The predicted octanol–water partition coefficient (Wildman–Crippen LogP) is 5.23. The van der Waals surface area contributed by atoms with E-state index in [1.54, 1.807) is 7.11 Å². The molecule has 4 heteroatoms. The van der Waals surface area contributed by atoms with E-state index in [1.807, 2.05) is 18.2 Å². The van der Waals surface area contributed by atoms with Gasteiger partial charge in [-0.3, -0.25) is 0 Å². The van der Waals surface area contributed by atoms with E-state index in [4.69, 9.17) is 9.26 Å². The summed E-state index contributed by atoms with van der Waals surface area (Å²) < 4.78 is 6.74. The van der Waals surface area contributed by atoms with Crippen LogP contribution in [-0.2, 0) is 9.26 Å². The van der Waals surface area contributed by atoms with Crippen molar-refractivity contribution in [2.24, 2.45) is 5.16 Å². The molecule has 0 N–H and O–H groups in total. The highest BCUT2D eigenvalue weighted by Crippen LogP contribution is 2.40. The zero-order valence-corrected chi connectivity index (χ0v) is 16.4. The van der Waals surface area contributed by atoms with Gasteiger partial charge in [-0.1, -0.05) is 63.2 Å². The van der Waals surface area contributed by atoms with Gasteiger partial charge in [0.25, 0.3) is 0 Å². The predicted molar refractivity (Wildman–Crippen MR) is 97.0 cm³/mol. The molecule has 22 heavy (non-hydrogen) atoms. The Balaban J connectivity index is 3.27. The van der Waals surface area contributed by atoms with Gasteiger partial charge in [-0.05, 0) is 31.5 Å². The minimum atomic E-state index is -1.92. The highest BCUT2D eigenvalue weighted by Gasteiger charge is 2.44. The fraction of sp³-hybridized carbons (Fsp3) is 0.611. The second kappa shape index (κ2) is 6.96. The molecule has 1 atom stereocenters. The molecule has 0 spiro atoms. The first-order valence-corrected chi connectivity index (χ1v) is 10.9. The number of rotatable bonds is 6. The maximum Gasteiger partial charge on any atom is 0.193 e. The molecule has 0 aliphatic carbocycles. The molecule has 1 aromatic carbocycles. The van der Waals surface area contributed by atoms with Gasteiger partial charge in [-0.15, -0.1) is 0 Å². The average Bonchev–Trinajstić information content (AvgIpc) is 2.43. The summed E-state index contributed by atoms with van der Waals surface area (Å²) in [7, 11) is -0.334. The monoisotopic (exact) mass is 321 g/mol. The van der Waals surface area contributed by atoms with E-state index in [9.17, 15) is 0 Å². The zero-order chi connectivity index (χ0) is 17.0. The van der Waals surface area contributed by atoms with Crippen molar-refractivity contribution in [2.45, 2.75) is 64.8 Å². The Hall–Kier alpha value is -1.13. The molecule has 0 fully saturated rings. The van der Waals surface area contributed by atoms with Crippen molar-refractivity contribution in [3.05, 3.63) is 35.9 Å². The maximum absolute atomic E-state index is 6.74. The van der Waals surface area contributed by atoms with Crippen molar-refractivity contribution in [3.8, 4) is 0 Å². The number of hydrogen-bond acceptors (Lipinski definition) is 3. The Morgan fingerprint density at radius 3 is 2.05 bits per heavy atom. The van der Waals surface area contributed by atoms with Crippen LogP contribution in [0.1, 0.15) is 46.6 Å². The van der Waals surface area contributed by atoms with Crippen molar-refractivity contribution in [1.29, 1.82) is 0 Å². The van der Waals surface area contributed by atoms with Crippen LogP contribution >= 0.6 is 0 Å². The zero-order valence-electron chi connectivity index (χ0n) is 15.4. The lowest BCUT2D eigenvalue weighted by molar-refractivity contribution is 0.127. The smallest absolute Gasteiger partial charge is 0.193 e. The normalized spacial score (nSPS) is 16.3. The molecule has 0 saturated heterocycles. The highest BCUT2D eigenvalue weighted by molar-refractivity contribution is 6.74. The van der Waals surface area contributed by atoms with Crippen molar-refractivity contribution in [3.63, 3.8) is 0 Å². The standard InChI is InChI=1S/C18H31NO2Si/c1-9-18(5,21-22(7,8)17(2,3)4)16(19-20-6)15-13-11-10-12-14-15/h10-14H,9H2,1-8H3/b19-16+. The summed E-state index contributed by atoms with van der Waals surface area (Å²) >= 11 is 0. The summed E-state index contributed by atoms with van der Waals surface area (Å²) in [5.41, 5.74) is 1.45. The van der Waals surface area contributed by atoms with Gasteiger partial charge in [-0.2, -0.15) is 0 Å². The van der Waals surface area contributed by atoms with Crippen LogP contribution < -0.4 is 0 Å². The number of oxime groups is 1. The molecule has 0 bridgehead atoms. The maximum atomic E-state index is 6.74. The lowest BCUT2D eigenvalue weighted by Gasteiger charge is -2.44. The van der Waals surface area contributed by atoms with Crippen molar-refractivity contribution < 1.29 is 9.26 Å². The molecule has 1 aromatic rings. The number of hydrogen-bond donors (Lipinski definition) is 0. The molecule has 1 unspecified atom stereocenters. The van der Waals surface area contributed by atoms with E-state index >= 15 is 0 Å². The van der Waals surface area contributed by atoms with Crippen LogP contribution in [0.15, 0.2) is 35.5 Å². The molecule has 1 rings (SSSR count). The molecule has 0 amide bonds. The summed E-state index contributed by atoms with van der Waals surface area (Å²) in [6, 6.07) is 10.2. The van der Waals surface area contributed by atoms with Crippen LogP contribution in [0.2, 0.25) is 18.1 Å². The van der Waals surface area contributed by atoms with E-state index in [0.29, 0.717) is 0 Å². The first kappa shape index (κ1) is 18.9. The minimum Gasteiger partial charge on any atom is -0.406 e. The third-order valence-corrected chi connectivity index (χ3v) is 9.27. The average molecular weight is 322 g/mol. The molecular weight excluding hydrogens is 290 g/mol. The molecular formula is C18H31NO2Si. The molecule has 124 valence electrons. The Morgan fingerprint density at radius 2 is 1.64 bits per heavy atom. The molecule has 0 saturated carbocycles. The molecule has 0 heterocycles. The minimum absolute atomic E-state index is 0.151. The lowest BCUT2D eigenvalue weighted by Crippen LogP contribution is -2.52. The van der Waals surface area contributed by atoms with Gasteiger partial charge in [0, 0.05) is 5.56 Å². The van der Waals surface area contributed by atoms with Crippen LogP contribution in [0, 0.1) is 0 Å². The topological polar surface area (TPSA) is 30.8 Å². The largest absolute Gasteiger partial charge is 0.406 e. The second-order valence-electron chi connectivity index (χ2n) is 7.44. The first-order chi connectivity index (χ1) is 10.1. The lowest BCUT2D eigenvalue weighted by atomic mass is 9.91. The molecule has 0 aromatic heterocycles. The second-order valence-corrected chi connectivity index (χ2v) is 12.2. The van der Waals surface area contributed by atoms with Gasteiger partial charge in [0.05, 0.1) is 5.60 Å². The Morgan fingerprint density at radius 1 is 1.09 bits per heavy atom. The summed E-state index contributed by atoms with van der Waals surface area (Å²) in [6.07, 6.45) is 0.844. The number of benzene rings is 1. The van der Waals surface area contributed by atoms with Crippen molar-refractivity contribution in [2.75, 3.05) is 7.11 Å². The fourth-order valence-electron chi connectivity index (χ4n) is 2.15. The summed E-state index contributed by atoms with van der Waals surface area (Å²) in [5, 5.41) is 4.47. The quantitative estimate of drug-likeness (QED) is 0.408. The molecule has 0 aliphatic rings. The third-order valence-electron chi connectivity index (χ3n) is 4.69. The van der Waals surface area contributed by atoms with Gasteiger partial charge >= 0.3 is 0 Å².